The van der Waals surface area contributed by atoms with Gasteiger partial charge in [-0.3, -0.25) is 9.79 Å². The van der Waals surface area contributed by atoms with E-state index in [9.17, 15) is 14.9 Å². The Kier molecular flexibility index (Phi) is 7.17. The standard InChI is InChI=1S/C21H22N4O4S/c1-3-23-10-13(2)4-7-19(26)25-20-17(9-22)16-6-5-15(8-18(16)30-20)29-21(27)24-14-11-28-12-14/h3-4,7,10,14-15H,1-2,5-6,8,11-12H2,(H,24,27)(H,25,26)/b7-4+,23-10?. The van der Waals surface area contributed by atoms with Crippen molar-refractivity contribution in [1.82, 2.24) is 5.32 Å². The second-order valence-electron chi connectivity index (χ2n) is 6.83. The van der Waals surface area contributed by atoms with Gasteiger partial charge in [0.25, 0.3) is 0 Å². The zero-order valence-corrected chi connectivity index (χ0v) is 17.2. The molecule has 0 radical (unpaired) electrons. The van der Waals surface area contributed by atoms with Crippen molar-refractivity contribution in [1.29, 1.82) is 5.26 Å². The van der Waals surface area contributed by atoms with E-state index in [0.29, 0.717) is 48.6 Å². The lowest BCUT2D eigenvalue weighted by Crippen LogP contribution is -2.49. The average molecular weight is 426 g/mol. The number of hydrogen-bond donors (Lipinski definition) is 2. The van der Waals surface area contributed by atoms with Crippen molar-refractivity contribution >= 4 is 34.6 Å². The molecule has 1 fully saturated rings. The first-order valence-electron chi connectivity index (χ1n) is 9.41. The number of carbonyl (C=O) groups is 2. The van der Waals surface area contributed by atoms with Crippen LogP contribution in [0.25, 0.3) is 0 Å². The van der Waals surface area contributed by atoms with Gasteiger partial charge in [0.1, 0.15) is 17.2 Å². The molecule has 2 aliphatic rings. The number of fused-ring (bicyclic) bond motifs is 1. The monoisotopic (exact) mass is 426 g/mol. The van der Waals surface area contributed by atoms with Crippen molar-refractivity contribution in [3.63, 3.8) is 0 Å². The molecule has 2 amide bonds. The molecule has 0 saturated carbocycles. The molecule has 1 aromatic heterocycles. The van der Waals surface area contributed by atoms with Gasteiger partial charge in [-0.25, -0.2) is 4.79 Å². The van der Waals surface area contributed by atoms with Crippen LogP contribution in [0, 0.1) is 11.3 Å². The summed E-state index contributed by atoms with van der Waals surface area (Å²) >= 11 is 1.34. The smallest absolute Gasteiger partial charge is 0.407 e. The quantitative estimate of drug-likeness (QED) is 0.395. The van der Waals surface area contributed by atoms with Crippen molar-refractivity contribution < 1.29 is 19.1 Å². The van der Waals surface area contributed by atoms with Crippen LogP contribution in [-0.4, -0.2) is 43.6 Å². The lowest BCUT2D eigenvalue weighted by molar-refractivity contribution is -0.111. The highest BCUT2D eigenvalue weighted by molar-refractivity contribution is 7.16. The van der Waals surface area contributed by atoms with Crippen LogP contribution in [0.2, 0.25) is 0 Å². The molecule has 0 spiro atoms. The van der Waals surface area contributed by atoms with Crippen molar-refractivity contribution in [3.05, 3.63) is 53.1 Å². The van der Waals surface area contributed by atoms with E-state index in [1.165, 1.54) is 35.9 Å². The second kappa shape index (κ2) is 10.0. The zero-order valence-electron chi connectivity index (χ0n) is 16.3. The van der Waals surface area contributed by atoms with E-state index in [2.05, 4.69) is 34.9 Å². The highest BCUT2D eigenvalue weighted by Crippen LogP contribution is 2.38. The summed E-state index contributed by atoms with van der Waals surface area (Å²) in [6.07, 6.45) is 6.75. The third-order valence-electron chi connectivity index (χ3n) is 4.60. The van der Waals surface area contributed by atoms with Crippen LogP contribution in [-0.2, 0) is 27.1 Å². The molecule has 0 aromatic carbocycles. The van der Waals surface area contributed by atoms with E-state index < -0.39 is 6.09 Å². The first kappa shape index (κ1) is 21.5. The Hall–Kier alpha value is -3.22. The molecule has 2 heterocycles. The van der Waals surface area contributed by atoms with E-state index in [1.54, 1.807) is 0 Å². The van der Waals surface area contributed by atoms with Gasteiger partial charge >= 0.3 is 6.09 Å². The SMILES string of the molecule is C=CN=CC(=C)/C=C/C(=O)Nc1sc2c(c1C#N)CCC(OC(=O)NC1COC1)C2. The molecule has 1 aromatic rings. The first-order chi connectivity index (χ1) is 14.5. The molecule has 9 heteroatoms. The number of anilines is 1. The fraction of sp³-hybridized carbons (Fsp3) is 0.333. The predicted molar refractivity (Wildman–Crippen MR) is 115 cm³/mol. The van der Waals surface area contributed by atoms with E-state index in [-0.39, 0.29) is 18.1 Å². The van der Waals surface area contributed by atoms with Crippen LogP contribution in [0.15, 0.2) is 42.1 Å². The fourth-order valence-corrected chi connectivity index (χ4v) is 4.33. The Balaban J connectivity index is 1.62. The van der Waals surface area contributed by atoms with E-state index in [4.69, 9.17) is 9.47 Å². The summed E-state index contributed by atoms with van der Waals surface area (Å²) in [6, 6.07) is 2.20. The molecule has 8 nitrogen and oxygen atoms in total. The van der Waals surface area contributed by atoms with Gasteiger partial charge in [-0.05, 0) is 30.1 Å². The van der Waals surface area contributed by atoms with Gasteiger partial charge in [0.05, 0.1) is 24.8 Å². The van der Waals surface area contributed by atoms with Gasteiger partial charge in [-0.2, -0.15) is 5.26 Å². The van der Waals surface area contributed by atoms with Gasteiger partial charge in [0.15, 0.2) is 0 Å². The van der Waals surface area contributed by atoms with E-state index in [0.717, 1.165) is 10.4 Å². The number of nitrogens with one attached hydrogen (secondary N) is 2. The number of aliphatic imine (C=N–C) groups is 1. The number of ether oxygens (including phenoxy) is 2. The van der Waals surface area contributed by atoms with E-state index in [1.807, 2.05) is 0 Å². The van der Waals surface area contributed by atoms with Crippen LogP contribution < -0.4 is 10.6 Å². The third-order valence-corrected chi connectivity index (χ3v) is 5.77. The molecule has 1 atom stereocenters. The molecule has 1 aliphatic carbocycles. The van der Waals surface area contributed by atoms with Gasteiger partial charge in [0.2, 0.25) is 5.91 Å². The number of rotatable bonds is 7. The lowest BCUT2D eigenvalue weighted by atomic mass is 9.94. The zero-order chi connectivity index (χ0) is 21.5. The van der Waals surface area contributed by atoms with Crippen molar-refractivity contribution in [2.75, 3.05) is 18.5 Å². The summed E-state index contributed by atoms with van der Waals surface area (Å²) in [4.78, 5) is 29.0. The summed E-state index contributed by atoms with van der Waals surface area (Å²) < 4.78 is 10.5. The molecule has 0 bridgehead atoms. The highest BCUT2D eigenvalue weighted by Gasteiger charge is 2.29. The number of carbonyl (C=O) groups excluding carboxylic acids is 2. The van der Waals surface area contributed by atoms with Crippen LogP contribution in [0.4, 0.5) is 9.80 Å². The number of nitriles is 1. The van der Waals surface area contributed by atoms with Gasteiger partial charge in [-0.15, -0.1) is 11.3 Å². The summed E-state index contributed by atoms with van der Waals surface area (Å²) in [5.74, 6) is -0.367. The minimum Gasteiger partial charge on any atom is -0.446 e. The lowest BCUT2D eigenvalue weighted by Gasteiger charge is -2.28. The summed E-state index contributed by atoms with van der Waals surface area (Å²) in [6.45, 7) is 8.23. The number of allylic oxidation sites excluding steroid dienone is 2. The molecular weight excluding hydrogens is 404 g/mol. The molecule has 1 saturated heterocycles. The van der Waals surface area contributed by atoms with E-state index >= 15 is 0 Å². The second-order valence-corrected chi connectivity index (χ2v) is 7.93. The van der Waals surface area contributed by atoms with Crippen molar-refractivity contribution in [2.24, 2.45) is 4.99 Å². The number of thiophene rings is 1. The molecular formula is C21H22N4O4S. The van der Waals surface area contributed by atoms with Crippen molar-refractivity contribution in [3.8, 4) is 6.07 Å². The largest absolute Gasteiger partial charge is 0.446 e. The topological polar surface area (TPSA) is 113 Å². The molecule has 1 aliphatic heterocycles. The third kappa shape index (κ3) is 5.43. The molecule has 2 N–H and O–H groups in total. The Morgan fingerprint density at radius 3 is 2.83 bits per heavy atom. The first-order valence-corrected chi connectivity index (χ1v) is 10.2. The Labute approximate surface area is 178 Å². The molecule has 3 rings (SSSR count). The minimum absolute atomic E-state index is 0.0116. The minimum atomic E-state index is -0.451. The highest BCUT2D eigenvalue weighted by atomic mass is 32.1. The molecule has 30 heavy (non-hydrogen) atoms. The maximum atomic E-state index is 12.2. The van der Waals surface area contributed by atoms with Gasteiger partial charge in [-0.1, -0.05) is 13.2 Å². The maximum absolute atomic E-state index is 12.2. The van der Waals surface area contributed by atoms with Crippen LogP contribution >= 0.6 is 11.3 Å². The number of alkyl carbamates (subject to hydrolysis) is 1. The normalized spacial score (nSPS) is 18.3. The molecule has 156 valence electrons. The Bertz CT molecular complexity index is 953. The molecule has 1 unspecified atom stereocenters. The number of amides is 2. The van der Waals surface area contributed by atoms with Crippen molar-refractivity contribution in [2.45, 2.75) is 31.4 Å². The maximum Gasteiger partial charge on any atom is 0.407 e. The Morgan fingerprint density at radius 2 is 2.17 bits per heavy atom. The predicted octanol–water partition coefficient (Wildman–Crippen LogP) is 2.87. The number of nitrogens with zero attached hydrogens (tertiary/aromatic N) is 2. The van der Waals surface area contributed by atoms with Gasteiger partial charge in [0, 0.05) is 29.8 Å². The van der Waals surface area contributed by atoms with Gasteiger partial charge < -0.3 is 20.1 Å². The average Bonchev–Trinajstić information content (AvgIpc) is 3.03. The van der Waals surface area contributed by atoms with Crippen LogP contribution in [0.1, 0.15) is 22.4 Å². The van der Waals surface area contributed by atoms with Crippen LogP contribution in [0.5, 0.6) is 0 Å². The fourth-order valence-electron chi connectivity index (χ4n) is 3.06. The number of hydrogen-bond acceptors (Lipinski definition) is 7. The Morgan fingerprint density at radius 1 is 1.37 bits per heavy atom. The van der Waals surface area contributed by atoms with Crippen LogP contribution in [0.3, 0.4) is 0 Å². The summed E-state index contributed by atoms with van der Waals surface area (Å²) in [5.41, 5.74) is 1.93. The summed E-state index contributed by atoms with van der Waals surface area (Å²) in [5, 5.41) is 15.6. The summed E-state index contributed by atoms with van der Waals surface area (Å²) in [7, 11) is 0.